The van der Waals surface area contributed by atoms with Crippen molar-refractivity contribution < 1.29 is 27.5 Å². The summed E-state index contributed by atoms with van der Waals surface area (Å²) in [5.74, 6) is -1.38. The molecule has 1 aromatic rings. The molecule has 1 rings (SSSR count). The van der Waals surface area contributed by atoms with E-state index in [9.17, 15) is 22.8 Å². The molecule has 0 bridgehead atoms. The Morgan fingerprint density at radius 2 is 2.00 bits per heavy atom. The Labute approximate surface area is 126 Å². The minimum Gasteiger partial charge on any atom is -0.464 e. The first kappa shape index (κ1) is 18.0. The Bertz CT molecular complexity index is 529. The first-order valence-electron chi connectivity index (χ1n) is 6.90. The second kappa shape index (κ2) is 7.82. The fourth-order valence-corrected chi connectivity index (χ4v) is 1.62. The van der Waals surface area contributed by atoms with Gasteiger partial charge in [-0.2, -0.15) is 13.2 Å². The summed E-state index contributed by atoms with van der Waals surface area (Å²) in [6, 6.07) is 3.07. The highest BCUT2D eigenvalue weighted by Gasteiger charge is 2.31. The van der Waals surface area contributed by atoms with Crippen molar-refractivity contribution in [2.45, 2.75) is 38.9 Å². The number of alkyl halides is 3. The van der Waals surface area contributed by atoms with E-state index >= 15 is 0 Å². The monoisotopic (exact) mass is 317 g/mol. The molecule has 4 nitrogen and oxygen atoms in total. The summed E-state index contributed by atoms with van der Waals surface area (Å²) in [6.07, 6.45) is -2.96. The summed E-state index contributed by atoms with van der Waals surface area (Å²) < 4.78 is 42.7. The van der Waals surface area contributed by atoms with Gasteiger partial charge in [0.2, 0.25) is 0 Å². The highest BCUT2D eigenvalue weighted by molar-refractivity contribution is 5.96. The third-order valence-electron chi connectivity index (χ3n) is 2.90. The highest BCUT2D eigenvalue weighted by atomic mass is 19.4. The lowest BCUT2D eigenvalue weighted by Gasteiger charge is -2.14. The van der Waals surface area contributed by atoms with E-state index in [-0.39, 0.29) is 12.2 Å². The number of benzene rings is 1. The normalized spacial score (nSPS) is 12.6. The molecule has 0 saturated carbocycles. The molecule has 0 aromatic heterocycles. The fourth-order valence-electron chi connectivity index (χ4n) is 1.62. The molecule has 1 amide bonds. The number of hydrogen-bond donors (Lipinski definition) is 1. The maximum Gasteiger partial charge on any atom is 0.416 e. The van der Waals surface area contributed by atoms with E-state index in [1.54, 1.807) is 0 Å². The van der Waals surface area contributed by atoms with Crippen LogP contribution in [0, 0.1) is 0 Å². The van der Waals surface area contributed by atoms with Crippen molar-refractivity contribution in [1.29, 1.82) is 0 Å². The second-order valence-electron chi connectivity index (χ2n) is 4.79. The maximum atomic E-state index is 12.6. The number of hydrogen-bond acceptors (Lipinski definition) is 3. The highest BCUT2D eigenvalue weighted by Crippen LogP contribution is 2.29. The largest absolute Gasteiger partial charge is 0.464 e. The zero-order valence-electron chi connectivity index (χ0n) is 12.4. The molecular weight excluding hydrogens is 299 g/mol. The van der Waals surface area contributed by atoms with Crippen LogP contribution in [0.15, 0.2) is 24.3 Å². The Balaban J connectivity index is 2.67. The Kier molecular flexibility index (Phi) is 6.39. The Hall–Kier alpha value is -2.05. The third-order valence-corrected chi connectivity index (χ3v) is 2.90. The van der Waals surface area contributed by atoms with E-state index in [1.165, 1.54) is 13.0 Å². The third kappa shape index (κ3) is 5.38. The predicted octanol–water partition coefficient (Wildman–Crippen LogP) is 3.17. The first-order chi connectivity index (χ1) is 10.3. The molecule has 0 aliphatic carbocycles. The standard InChI is InChI=1S/C15H18F3NO3/c1-3-4-8-22-14(21)10(2)19-13(20)11-6-5-7-12(9-11)15(16,17)18/h5-7,9-10H,3-4,8H2,1-2H3,(H,19,20)/t10-/m0/s1. The van der Waals surface area contributed by atoms with Gasteiger partial charge in [-0.15, -0.1) is 0 Å². The molecule has 0 aliphatic rings. The SMILES string of the molecule is CCCCOC(=O)[C@H](C)NC(=O)c1cccc(C(F)(F)F)c1. The maximum absolute atomic E-state index is 12.6. The van der Waals surface area contributed by atoms with Gasteiger partial charge in [-0.25, -0.2) is 4.79 Å². The number of nitrogens with one attached hydrogen (secondary N) is 1. The summed E-state index contributed by atoms with van der Waals surface area (Å²) in [4.78, 5) is 23.5. The number of rotatable bonds is 6. The van der Waals surface area contributed by atoms with Gasteiger partial charge < -0.3 is 10.1 Å². The molecule has 0 fully saturated rings. The van der Waals surface area contributed by atoms with Crippen molar-refractivity contribution in [2.75, 3.05) is 6.61 Å². The van der Waals surface area contributed by atoms with Crippen LogP contribution in [0.5, 0.6) is 0 Å². The zero-order chi connectivity index (χ0) is 16.8. The molecule has 0 spiro atoms. The lowest BCUT2D eigenvalue weighted by atomic mass is 10.1. The van der Waals surface area contributed by atoms with Gasteiger partial charge in [-0.05, 0) is 31.5 Å². The molecule has 122 valence electrons. The van der Waals surface area contributed by atoms with Gasteiger partial charge in [0.05, 0.1) is 12.2 Å². The molecule has 0 unspecified atom stereocenters. The number of carbonyl (C=O) groups is 2. The van der Waals surface area contributed by atoms with Crippen molar-refractivity contribution in [3.05, 3.63) is 35.4 Å². The van der Waals surface area contributed by atoms with Gasteiger partial charge in [0.15, 0.2) is 0 Å². The van der Waals surface area contributed by atoms with Crippen molar-refractivity contribution >= 4 is 11.9 Å². The molecule has 0 heterocycles. The van der Waals surface area contributed by atoms with Crippen molar-refractivity contribution in [1.82, 2.24) is 5.32 Å². The molecule has 1 N–H and O–H groups in total. The van der Waals surface area contributed by atoms with Crippen LogP contribution >= 0.6 is 0 Å². The van der Waals surface area contributed by atoms with Crippen LogP contribution in [0.4, 0.5) is 13.2 Å². The number of esters is 1. The molecule has 22 heavy (non-hydrogen) atoms. The van der Waals surface area contributed by atoms with Crippen LogP contribution in [-0.2, 0) is 15.7 Å². The molecule has 1 aromatic carbocycles. The summed E-state index contributed by atoms with van der Waals surface area (Å²) in [6.45, 7) is 3.60. The summed E-state index contributed by atoms with van der Waals surface area (Å²) in [5, 5.41) is 2.32. The minimum absolute atomic E-state index is 0.164. The van der Waals surface area contributed by atoms with Gasteiger partial charge in [-0.1, -0.05) is 19.4 Å². The average Bonchev–Trinajstić information content (AvgIpc) is 2.46. The van der Waals surface area contributed by atoms with E-state index in [2.05, 4.69) is 5.32 Å². The Morgan fingerprint density at radius 3 is 2.59 bits per heavy atom. The summed E-state index contributed by atoms with van der Waals surface area (Å²) >= 11 is 0. The van der Waals surface area contributed by atoms with Crippen molar-refractivity contribution in [3.8, 4) is 0 Å². The Morgan fingerprint density at radius 1 is 1.32 bits per heavy atom. The lowest BCUT2D eigenvalue weighted by Crippen LogP contribution is -2.39. The van der Waals surface area contributed by atoms with E-state index in [4.69, 9.17) is 4.74 Å². The van der Waals surface area contributed by atoms with Gasteiger partial charge in [0, 0.05) is 5.56 Å². The second-order valence-corrected chi connectivity index (χ2v) is 4.79. The number of amides is 1. The molecule has 7 heteroatoms. The van der Waals surface area contributed by atoms with Gasteiger partial charge in [-0.3, -0.25) is 4.79 Å². The first-order valence-corrected chi connectivity index (χ1v) is 6.90. The van der Waals surface area contributed by atoms with Crippen LogP contribution in [-0.4, -0.2) is 24.5 Å². The van der Waals surface area contributed by atoms with E-state index in [1.807, 2.05) is 6.92 Å². The molecular formula is C15H18F3NO3. The topological polar surface area (TPSA) is 55.4 Å². The number of unbranched alkanes of at least 4 members (excludes halogenated alkanes) is 1. The molecule has 1 atom stereocenters. The number of carbonyl (C=O) groups excluding carboxylic acids is 2. The zero-order valence-corrected chi connectivity index (χ0v) is 12.4. The van der Waals surface area contributed by atoms with Crippen LogP contribution in [0.3, 0.4) is 0 Å². The summed E-state index contributed by atoms with van der Waals surface area (Å²) in [7, 11) is 0. The molecule has 0 radical (unpaired) electrons. The van der Waals surface area contributed by atoms with Crippen LogP contribution < -0.4 is 5.32 Å². The smallest absolute Gasteiger partial charge is 0.416 e. The van der Waals surface area contributed by atoms with Crippen LogP contribution in [0.2, 0.25) is 0 Å². The van der Waals surface area contributed by atoms with E-state index in [0.717, 1.165) is 24.6 Å². The lowest BCUT2D eigenvalue weighted by molar-refractivity contribution is -0.145. The number of ether oxygens (including phenoxy) is 1. The number of halogens is 3. The molecule has 0 aliphatic heterocycles. The minimum atomic E-state index is -4.53. The van der Waals surface area contributed by atoms with Gasteiger partial charge in [0.25, 0.3) is 5.91 Å². The van der Waals surface area contributed by atoms with Crippen LogP contribution in [0.1, 0.15) is 42.6 Å². The van der Waals surface area contributed by atoms with Gasteiger partial charge in [0.1, 0.15) is 6.04 Å². The average molecular weight is 317 g/mol. The summed E-state index contributed by atoms with van der Waals surface area (Å²) in [5.41, 5.74) is -1.08. The quantitative estimate of drug-likeness (QED) is 0.648. The fraction of sp³-hybridized carbons (Fsp3) is 0.467. The van der Waals surface area contributed by atoms with Crippen molar-refractivity contribution in [3.63, 3.8) is 0 Å². The van der Waals surface area contributed by atoms with E-state index < -0.39 is 29.7 Å². The predicted molar refractivity (Wildman–Crippen MR) is 74.2 cm³/mol. The molecule has 0 saturated heterocycles. The van der Waals surface area contributed by atoms with Gasteiger partial charge >= 0.3 is 12.1 Å². The van der Waals surface area contributed by atoms with Crippen LogP contribution in [0.25, 0.3) is 0 Å². The van der Waals surface area contributed by atoms with E-state index in [0.29, 0.717) is 6.42 Å². The van der Waals surface area contributed by atoms with Crippen molar-refractivity contribution in [2.24, 2.45) is 0 Å².